The lowest BCUT2D eigenvalue weighted by Crippen LogP contribution is -2.30. The maximum atomic E-state index is 12.3. The number of nitro groups is 1. The van der Waals surface area contributed by atoms with Crippen molar-refractivity contribution < 1.29 is 23.9 Å². The number of carbonyl (C=O) groups is 1. The smallest absolute Gasteiger partial charge is 0.310 e. The van der Waals surface area contributed by atoms with Crippen LogP contribution >= 0.6 is 0 Å². The van der Waals surface area contributed by atoms with E-state index in [1.165, 1.54) is 25.1 Å². The quantitative estimate of drug-likeness (QED) is 0.389. The Morgan fingerprint density at radius 2 is 1.85 bits per heavy atom. The van der Waals surface area contributed by atoms with Gasteiger partial charge in [0.05, 0.1) is 11.5 Å². The molecule has 0 radical (unpaired) electrons. The summed E-state index contributed by atoms with van der Waals surface area (Å²) in [5.41, 5.74) is 0.376. The van der Waals surface area contributed by atoms with E-state index in [-0.39, 0.29) is 11.4 Å². The molecule has 2 aromatic carbocycles. The lowest BCUT2D eigenvalue weighted by Gasteiger charge is -2.15. The summed E-state index contributed by atoms with van der Waals surface area (Å²) in [6.07, 6.45) is -0.909. The van der Waals surface area contributed by atoms with Crippen LogP contribution in [0.1, 0.15) is 13.8 Å². The maximum Gasteiger partial charge on any atom is 0.310 e. The molecule has 0 bridgehead atoms. The fourth-order valence-corrected chi connectivity index (χ4v) is 2.19. The first-order valence-electron chi connectivity index (χ1n) is 8.52. The van der Waals surface area contributed by atoms with Crippen LogP contribution in [0.3, 0.4) is 0 Å². The number of nitrogens with zero attached hydrogens (tertiary/aromatic N) is 1. The number of ether oxygens (including phenoxy) is 3. The molecule has 1 unspecified atom stereocenters. The molecule has 0 spiro atoms. The second-order valence-electron chi connectivity index (χ2n) is 5.54. The van der Waals surface area contributed by atoms with Crippen LogP contribution in [0.25, 0.3) is 0 Å². The monoisotopic (exact) mass is 374 g/mol. The molecule has 0 saturated carbocycles. The van der Waals surface area contributed by atoms with E-state index in [2.05, 4.69) is 5.32 Å². The van der Waals surface area contributed by atoms with Crippen LogP contribution in [0.2, 0.25) is 0 Å². The van der Waals surface area contributed by atoms with Crippen molar-refractivity contribution in [2.24, 2.45) is 0 Å². The molecule has 1 N–H and O–H groups in total. The Bertz CT molecular complexity index is 763. The van der Waals surface area contributed by atoms with Crippen molar-refractivity contribution in [3.63, 3.8) is 0 Å². The van der Waals surface area contributed by atoms with Crippen LogP contribution in [0.4, 0.5) is 11.4 Å². The SMILES string of the molecule is CCOCCOc1ccc(NC(=O)C(C)Oc2ccccc2[N+](=O)[O-])cc1. The van der Waals surface area contributed by atoms with Gasteiger partial charge in [-0.1, -0.05) is 12.1 Å². The summed E-state index contributed by atoms with van der Waals surface area (Å²) in [6, 6.07) is 12.8. The highest BCUT2D eigenvalue weighted by Gasteiger charge is 2.20. The Hall–Kier alpha value is -3.13. The van der Waals surface area contributed by atoms with Crippen molar-refractivity contribution in [1.82, 2.24) is 0 Å². The predicted molar refractivity (Wildman–Crippen MR) is 100 cm³/mol. The van der Waals surface area contributed by atoms with E-state index in [0.717, 1.165) is 0 Å². The van der Waals surface area contributed by atoms with E-state index < -0.39 is 16.9 Å². The Labute approximate surface area is 157 Å². The molecule has 8 heteroatoms. The van der Waals surface area contributed by atoms with Crippen LogP contribution in [0.15, 0.2) is 48.5 Å². The van der Waals surface area contributed by atoms with E-state index in [0.29, 0.717) is 31.3 Å². The number of benzene rings is 2. The molecule has 0 heterocycles. The van der Waals surface area contributed by atoms with Gasteiger partial charge in [-0.2, -0.15) is 0 Å². The summed E-state index contributed by atoms with van der Waals surface area (Å²) in [4.78, 5) is 22.7. The molecule has 27 heavy (non-hydrogen) atoms. The largest absolute Gasteiger partial charge is 0.491 e. The standard InChI is InChI=1S/C19H22N2O6/c1-3-25-12-13-26-16-10-8-15(9-11-16)20-19(22)14(2)27-18-7-5-4-6-17(18)21(23)24/h4-11,14H,3,12-13H2,1-2H3,(H,20,22). The van der Waals surface area contributed by atoms with Gasteiger partial charge in [0.25, 0.3) is 5.91 Å². The molecule has 0 aliphatic heterocycles. The lowest BCUT2D eigenvalue weighted by atomic mass is 10.2. The number of hydrogen-bond acceptors (Lipinski definition) is 6. The molecule has 0 aliphatic rings. The first-order chi connectivity index (χ1) is 13.0. The molecule has 0 saturated heterocycles. The zero-order chi connectivity index (χ0) is 19.6. The van der Waals surface area contributed by atoms with E-state index >= 15 is 0 Å². The summed E-state index contributed by atoms with van der Waals surface area (Å²) in [7, 11) is 0. The van der Waals surface area contributed by atoms with Crippen LogP contribution in [0.5, 0.6) is 11.5 Å². The number of nitrogens with one attached hydrogen (secondary N) is 1. The predicted octanol–water partition coefficient (Wildman–Crippen LogP) is 3.42. The molecule has 0 fully saturated rings. The number of carbonyl (C=O) groups excluding carboxylic acids is 1. The van der Waals surface area contributed by atoms with Gasteiger partial charge in [0, 0.05) is 18.4 Å². The number of nitro benzene ring substituents is 1. The highest BCUT2D eigenvalue weighted by atomic mass is 16.6. The molecule has 0 aliphatic carbocycles. The van der Waals surface area contributed by atoms with Crippen LogP contribution < -0.4 is 14.8 Å². The highest BCUT2D eigenvalue weighted by molar-refractivity contribution is 5.94. The first kappa shape index (κ1) is 20.2. The van der Waals surface area contributed by atoms with Crippen molar-refractivity contribution in [2.75, 3.05) is 25.1 Å². The minimum atomic E-state index is -0.909. The first-order valence-corrected chi connectivity index (χ1v) is 8.52. The zero-order valence-corrected chi connectivity index (χ0v) is 15.2. The summed E-state index contributed by atoms with van der Waals surface area (Å²) in [5.74, 6) is 0.290. The molecular formula is C19H22N2O6. The average Bonchev–Trinajstić information content (AvgIpc) is 2.66. The van der Waals surface area contributed by atoms with Crippen LogP contribution in [-0.2, 0) is 9.53 Å². The van der Waals surface area contributed by atoms with E-state index in [4.69, 9.17) is 14.2 Å². The molecule has 2 rings (SSSR count). The van der Waals surface area contributed by atoms with Crippen molar-refractivity contribution in [2.45, 2.75) is 20.0 Å². The Kier molecular flexibility index (Phi) is 7.57. The zero-order valence-electron chi connectivity index (χ0n) is 15.2. The van der Waals surface area contributed by atoms with Gasteiger partial charge < -0.3 is 19.5 Å². The number of anilines is 1. The van der Waals surface area contributed by atoms with Gasteiger partial charge in [-0.05, 0) is 44.2 Å². The third-order valence-electron chi connectivity index (χ3n) is 3.56. The topological polar surface area (TPSA) is 99.9 Å². The Morgan fingerprint density at radius 1 is 1.15 bits per heavy atom. The van der Waals surface area contributed by atoms with Crippen LogP contribution in [0, 0.1) is 10.1 Å². The van der Waals surface area contributed by atoms with E-state index in [1.54, 1.807) is 30.3 Å². The molecule has 1 amide bonds. The van der Waals surface area contributed by atoms with Crippen LogP contribution in [-0.4, -0.2) is 36.8 Å². The Morgan fingerprint density at radius 3 is 2.52 bits per heavy atom. The summed E-state index contributed by atoms with van der Waals surface area (Å²) in [5, 5.41) is 13.7. The van der Waals surface area contributed by atoms with Gasteiger partial charge in [0.2, 0.25) is 0 Å². The van der Waals surface area contributed by atoms with Crippen molar-refractivity contribution in [3.05, 3.63) is 58.6 Å². The summed E-state index contributed by atoms with van der Waals surface area (Å²) in [6.45, 7) is 5.03. The number of rotatable bonds is 10. The van der Waals surface area contributed by atoms with Gasteiger partial charge in [-0.3, -0.25) is 14.9 Å². The maximum absolute atomic E-state index is 12.3. The minimum absolute atomic E-state index is 0.0446. The van der Waals surface area contributed by atoms with Crippen molar-refractivity contribution in [1.29, 1.82) is 0 Å². The molecule has 8 nitrogen and oxygen atoms in total. The van der Waals surface area contributed by atoms with E-state index in [1.807, 2.05) is 6.92 Å². The Balaban J connectivity index is 1.90. The van der Waals surface area contributed by atoms with Crippen molar-refractivity contribution >= 4 is 17.3 Å². The lowest BCUT2D eigenvalue weighted by molar-refractivity contribution is -0.386. The molecule has 144 valence electrons. The van der Waals surface area contributed by atoms with E-state index in [9.17, 15) is 14.9 Å². The minimum Gasteiger partial charge on any atom is -0.491 e. The second kappa shape index (κ2) is 10.1. The number of para-hydroxylation sites is 2. The number of amides is 1. The summed E-state index contributed by atoms with van der Waals surface area (Å²) < 4.78 is 16.1. The normalized spacial score (nSPS) is 11.5. The molecule has 2 aromatic rings. The average molecular weight is 374 g/mol. The molecule has 1 atom stereocenters. The fraction of sp³-hybridized carbons (Fsp3) is 0.316. The van der Waals surface area contributed by atoms with Crippen molar-refractivity contribution in [3.8, 4) is 11.5 Å². The highest BCUT2D eigenvalue weighted by Crippen LogP contribution is 2.27. The van der Waals surface area contributed by atoms with Gasteiger partial charge in [0.1, 0.15) is 12.4 Å². The fourth-order valence-electron chi connectivity index (χ4n) is 2.19. The molecular weight excluding hydrogens is 352 g/mol. The third-order valence-corrected chi connectivity index (χ3v) is 3.56. The van der Waals surface area contributed by atoms with Gasteiger partial charge in [-0.25, -0.2) is 0 Å². The molecule has 0 aromatic heterocycles. The van der Waals surface area contributed by atoms with Gasteiger partial charge in [0.15, 0.2) is 11.9 Å². The van der Waals surface area contributed by atoms with Gasteiger partial charge >= 0.3 is 5.69 Å². The second-order valence-corrected chi connectivity index (χ2v) is 5.54. The third kappa shape index (κ3) is 6.27. The number of hydrogen-bond donors (Lipinski definition) is 1. The summed E-state index contributed by atoms with van der Waals surface area (Å²) >= 11 is 0. The van der Waals surface area contributed by atoms with Gasteiger partial charge in [-0.15, -0.1) is 0 Å².